The third kappa shape index (κ3) is 6.26. The first kappa shape index (κ1) is 27.4. The molecule has 0 aliphatic heterocycles. The predicted octanol–water partition coefficient (Wildman–Crippen LogP) is 6.67. The summed E-state index contributed by atoms with van der Waals surface area (Å²) in [4.78, 5) is 24.5. The Balaban J connectivity index is 1.34. The van der Waals surface area contributed by atoms with Gasteiger partial charge in [0.1, 0.15) is 0 Å². The Morgan fingerprint density at radius 3 is 2.14 bits per heavy atom. The maximum atomic E-state index is 13.6. The van der Waals surface area contributed by atoms with Crippen molar-refractivity contribution in [2.75, 3.05) is 0 Å². The molecule has 1 amide bonds. The van der Waals surface area contributed by atoms with Crippen molar-refractivity contribution in [1.29, 1.82) is 0 Å². The van der Waals surface area contributed by atoms with E-state index in [0.29, 0.717) is 28.8 Å². The molecule has 0 bridgehead atoms. The van der Waals surface area contributed by atoms with Crippen LogP contribution in [0.15, 0.2) is 120 Å². The van der Waals surface area contributed by atoms with Crippen molar-refractivity contribution in [1.82, 2.24) is 20.1 Å². The van der Waals surface area contributed by atoms with Crippen molar-refractivity contribution in [3.63, 3.8) is 0 Å². The summed E-state index contributed by atoms with van der Waals surface area (Å²) >= 11 is 1.53. The summed E-state index contributed by atoms with van der Waals surface area (Å²) in [6.07, 6.45) is 1.32. The van der Waals surface area contributed by atoms with Gasteiger partial charge in [0.15, 0.2) is 11.0 Å². The fourth-order valence-electron chi connectivity index (χ4n) is 5.18. The maximum Gasteiger partial charge on any atom is 0.269 e. The van der Waals surface area contributed by atoms with Gasteiger partial charge in [0.2, 0.25) is 5.91 Å². The number of amides is 1. The Hall–Kier alpha value is -4.76. The van der Waals surface area contributed by atoms with Crippen molar-refractivity contribution in [2.45, 2.75) is 35.7 Å². The van der Waals surface area contributed by atoms with E-state index in [1.54, 1.807) is 12.1 Å². The fourth-order valence-corrected chi connectivity index (χ4v) is 6.09. The molecule has 1 heterocycles. The molecule has 3 unspecified atom stereocenters. The van der Waals surface area contributed by atoms with Crippen molar-refractivity contribution < 1.29 is 9.72 Å². The first-order valence-corrected chi connectivity index (χ1v) is 14.8. The maximum absolute atomic E-state index is 13.6. The van der Waals surface area contributed by atoms with E-state index in [0.717, 1.165) is 17.5 Å². The molecular formula is C33H29N5O3S. The van der Waals surface area contributed by atoms with Gasteiger partial charge in [-0.3, -0.25) is 19.5 Å². The largest absolute Gasteiger partial charge is 0.345 e. The van der Waals surface area contributed by atoms with Gasteiger partial charge in [-0.05, 0) is 47.6 Å². The van der Waals surface area contributed by atoms with E-state index in [9.17, 15) is 14.9 Å². The molecule has 4 aromatic carbocycles. The highest BCUT2D eigenvalue weighted by molar-refractivity contribution is 7.98. The minimum absolute atomic E-state index is 0.00156. The van der Waals surface area contributed by atoms with E-state index in [-0.39, 0.29) is 23.4 Å². The van der Waals surface area contributed by atoms with Crippen LogP contribution in [0.4, 0.5) is 5.69 Å². The molecule has 1 saturated carbocycles. The smallest absolute Gasteiger partial charge is 0.269 e. The van der Waals surface area contributed by atoms with Crippen LogP contribution in [0.2, 0.25) is 0 Å². The summed E-state index contributed by atoms with van der Waals surface area (Å²) in [6.45, 7) is 0. The number of rotatable bonds is 11. The Labute approximate surface area is 248 Å². The van der Waals surface area contributed by atoms with Crippen LogP contribution < -0.4 is 5.32 Å². The van der Waals surface area contributed by atoms with Crippen LogP contribution in [0.1, 0.15) is 40.9 Å². The molecule has 1 fully saturated rings. The SMILES string of the molecule is O=C(NC(Cc1ccccc1)c1nnc(SCc2ccccc2)n1-c1ccc([N+](=O)[O-])cc1)C1CC1c1ccccc1. The van der Waals surface area contributed by atoms with Crippen LogP contribution in [0.5, 0.6) is 0 Å². The number of nitro benzene ring substituents is 1. The third-order valence-corrected chi connectivity index (χ3v) is 8.45. The molecule has 0 spiro atoms. The molecule has 0 saturated heterocycles. The minimum atomic E-state index is -0.467. The normalized spacial score (nSPS) is 16.5. The van der Waals surface area contributed by atoms with E-state index in [4.69, 9.17) is 0 Å². The first-order chi connectivity index (χ1) is 20.6. The van der Waals surface area contributed by atoms with Crippen LogP contribution >= 0.6 is 11.8 Å². The summed E-state index contributed by atoms with van der Waals surface area (Å²) in [7, 11) is 0. The second-order valence-electron chi connectivity index (χ2n) is 10.3. The quantitative estimate of drug-likeness (QED) is 0.107. The topological polar surface area (TPSA) is 103 Å². The molecule has 1 aromatic heterocycles. The van der Waals surface area contributed by atoms with Crippen LogP contribution in [0, 0.1) is 16.0 Å². The Bertz CT molecular complexity index is 1660. The van der Waals surface area contributed by atoms with Gasteiger partial charge in [-0.2, -0.15) is 0 Å². The Kier molecular flexibility index (Phi) is 8.09. The van der Waals surface area contributed by atoms with E-state index in [1.807, 2.05) is 71.3 Å². The van der Waals surface area contributed by atoms with Crippen molar-refractivity contribution in [3.8, 4) is 5.69 Å². The average molecular weight is 576 g/mol. The molecule has 3 atom stereocenters. The number of carbonyl (C=O) groups is 1. The van der Waals surface area contributed by atoms with Gasteiger partial charge in [0.25, 0.3) is 5.69 Å². The zero-order valence-corrected chi connectivity index (χ0v) is 23.6. The highest BCUT2D eigenvalue weighted by atomic mass is 32.2. The lowest BCUT2D eigenvalue weighted by molar-refractivity contribution is -0.384. The monoisotopic (exact) mass is 575 g/mol. The summed E-state index contributed by atoms with van der Waals surface area (Å²) in [5.74, 6) is 1.33. The van der Waals surface area contributed by atoms with Crippen LogP contribution in [-0.2, 0) is 17.0 Å². The van der Waals surface area contributed by atoms with Gasteiger partial charge in [-0.1, -0.05) is 103 Å². The first-order valence-electron chi connectivity index (χ1n) is 13.8. The van der Waals surface area contributed by atoms with Gasteiger partial charge in [-0.15, -0.1) is 10.2 Å². The van der Waals surface area contributed by atoms with E-state index in [1.165, 1.54) is 29.5 Å². The summed E-state index contributed by atoms with van der Waals surface area (Å²) in [6, 6.07) is 36.1. The van der Waals surface area contributed by atoms with Crippen molar-refractivity contribution in [2.24, 2.45) is 5.92 Å². The number of carbonyl (C=O) groups excluding carboxylic acids is 1. The van der Waals surface area contributed by atoms with Gasteiger partial charge in [-0.25, -0.2) is 0 Å². The van der Waals surface area contributed by atoms with E-state index in [2.05, 4.69) is 39.8 Å². The number of nitrogens with one attached hydrogen (secondary N) is 1. The number of non-ortho nitro benzene ring substituents is 1. The van der Waals surface area contributed by atoms with E-state index < -0.39 is 11.0 Å². The lowest BCUT2D eigenvalue weighted by atomic mass is 10.0. The molecule has 42 heavy (non-hydrogen) atoms. The summed E-state index contributed by atoms with van der Waals surface area (Å²) in [5.41, 5.74) is 4.05. The number of nitro groups is 1. The number of thioether (sulfide) groups is 1. The molecule has 9 heteroatoms. The highest BCUT2D eigenvalue weighted by Gasteiger charge is 2.44. The number of hydrogen-bond donors (Lipinski definition) is 1. The lowest BCUT2D eigenvalue weighted by Crippen LogP contribution is -2.33. The van der Waals surface area contributed by atoms with Gasteiger partial charge >= 0.3 is 0 Å². The second-order valence-corrected chi connectivity index (χ2v) is 11.3. The molecule has 1 N–H and O–H groups in total. The van der Waals surface area contributed by atoms with E-state index >= 15 is 0 Å². The zero-order chi connectivity index (χ0) is 28.9. The average Bonchev–Trinajstić information content (AvgIpc) is 3.73. The van der Waals surface area contributed by atoms with Crippen LogP contribution in [-0.4, -0.2) is 25.6 Å². The fraction of sp³-hybridized carbons (Fsp3) is 0.182. The highest BCUT2D eigenvalue weighted by Crippen LogP contribution is 2.47. The number of aromatic nitrogens is 3. The van der Waals surface area contributed by atoms with Crippen molar-refractivity contribution in [3.05, 3.63) is 148 Å². The van der Waals surface area contributed by atoms with Crippen molar-refractivity contribution >= 4 is 23.4 Å². The van der Waals surface area contributed by atoms with Gasteiger partial charge in [0.05, 0.1) is 11.0 Å². The lowest BCUT2D eigenvalue weighted by Gasteiger charge is -2.20. The molecule has 210 valence electrons. The molecule has 1 aliphatic rings. The predicted molar refractivity (Wildman–Crippen MR) is 162 cm³/mol. The Morgan fingerprint density at radius 2 is 1.50 bits per heavy atom. The number of nitrogens with zero attached hydrogens (tertiary/aromatic N) is 4. The molecular weight excluding hydrogens is 546 g/mol. The summed E-state index contributed by atoms with van der Waals surface area (Å²) in [5, 5.41) is 24.4. The van der Waals surface area contributed by atoms with Gasteiger partial charge < -0.3 is 5.32 Å². The third-order valence-electron chi connectivity index (χ3n) is 7.45. The zero-order valence-electron chi connectivity index (χ0n) is 22.7. The van der Waals surface area contributed by atoms with Gasteiger partial charge in [0, 0.05) is 29.5 Å². The number of benzene rings is 4. The van der Waals surface area contributed by atoms with Crippen LogP contribution in [0.3, 0.4) is 0 Å². The van der Waals surface area contributed by atoms with Crippen LogP contribution in [0.25, 0.3) is 5.69 Å². The second kappa shape index (κ2) is 12.4. The molecule has 5 aromatic rings. The molecule has 8 nitrogen and oxygen atoms in total. The standard InChI is InChI=1S/C33H29N5O3S/c39-32(29-21-28(29)25-14-8-3-9-15-25)34-30(20-23-10-4-1-5-11-23)31-35-36-33(42-22-24-12-6-2-7-13-24)37(31)26-16-18-27(19-17-26)38(40)41/h1-19,28-30H,20-22H2,(H,34,39). The minimum Gasteiger partial charge on any atom is -0.345 e. The molecule has 6 rings (SSSR count). The molecule has 0 radical (unpaired) electrons. The number of hydrogen-bond acceptors (Lipinski definition) is 6. The summed E-state index contributed by atoms with van der Waals surface area (Å²) < 4.78 is 1.91. The molecule has 1 aliphatic carbocycles. The Morgan fingerprint density at radius 1 is 0.881 bits per heavy atom.